The first kappa shape index (κ1) is 15.5. The van der Waals surface area contributed by atoms with Gasteiger partial charge in [0, 0.05) is 19.6 Å². The van der Waals surface area contributed by atoms with Crippen LogP contribution in [0.5, 0.6) is 0 Å². The maximum atomic E-state index is 14.1. The summed E-state index contributed by atoms with van der Waals surface area (Å²) in [4.78, 5) is 9.99. The van der Waals surface area contributed by atoms with Crippen molar-refractivity contribution in [2.24, 2.45) is 0 Å². The summed E-state index contributed by atoms with van der Waals surface area (Å²) >= 11 is 5.76. The van der Waals surface area contributed by atoms with E-state index in [2.05, 4.69) is 15.3 Å². The van der Waals surface area contributed by atoms with Crippen LogP contribution in [0, 0.1) is 5.82 Å². The Morgan fingerprint density at radius 3 is 2.62 bits per heavy atom. The van der Waals surface area contributed by atoms with Crippen LogP contribution in [0.4, 0.5) is 15.9 Å². The highest BCUT2D eigenvalue weighted by Gasteiger charge is 2.09. The van der Waals surface area contributed by atoms with Crippen molar-refractivity contribution in [3.8, 4) is 0 Å². The first-order chi connectivity index (χ1) is 10.1. The molecule has 0 radical (unpaired) electrons. The number of anilines is 2. The lowest BCUT2D eigenvalue weighted by Gasteiger charge is -2.22. The Labute approximate surface area is 129 Å². The van der Waals surface area contributed by atoms with Gasteiger partial charge >= 0.3 is 0 Å². The van der Waals surface area contributed by atoms with Crippen LogP contribution in [-0.2, 0) is 6.54 Å². The van der Waals surface area contributed by atoms with Gasteiger partial charge in [-0.05, 0) is 31.5 Å². The zero-order chi connectivity index (χ0) is 15.2. The van der Waals surface area contributed by atoms with Gasteiger partial charge < -0.3 is 10.2 Å². The van der Waals surface area contributed by atoms with E-state index >= 15 is 0 Å². The fourth-order valence-electron chi connectivity index (χ4n) is 2.10. The Morgan fingerprint density at radius 1 is 1.24 bits per heavy atom. The molecule has 1 aromatic heterocycles. The Morgan fingerprint density at radius 2 is 2.00 bits per heavy atom. The van der Waals surface area contributed by atoms with Gasteiger partial charge in [0.1, 0.15) is 16.8 Å². The number of nitrogens with one attached hydrogen (secondary N) is 1. The highest BCUT2D eigenvalue weighted by Crippen LogP contribution is 2.21. The van der Waals surface area contributed by atoms with E-state index in [9.17, 15) is 4.39 Å². The molecule has 0 aliphatic heterocycles. The second kappa shape index (κ2) is 7.22. The van der Waals surface area contributed by atoms with Gasteiger partial charge in [0.25, 0.3) is 0 Å². The highest BCUT2D eigenvalue weighted by molar-refractivity contribution is 6.29. The van der Waals surface area contributed by atoms with Crippen molar-refractivity contribution in [2.75, 3.05) is 23.3 Å². The van der Waals surface area contributed by atoms with E-state index in [4.69, 9.17) is 11.6 Å². The molecule has 0 bridgehead atoms. The molecule has 6 heteroatoms. The molecule has 0 amide bonds. The molecule has 0 unspecified atom stereocenters. The zero-order valence-electron chi connectivity index (χ0n) is 12.1. The average molecular weight is 309 g/mol. The van der Waals surface area contributed by atoms with Gasteiger partial charge in [0.2, 0.25) is 0 Å². The third-order valence-corrected chi connectivity index (χ3v) is 3.38. The van der Waals surface area contributed by atoms with Crippen LogP contribution in [0.25, 0.3) is 0 Å². The lowest BCUT2D eigenvalue weighted by atomic mass is 10.1. The Kier molecular flexibility index (Phi) is 5.33. The van der Waals surface area contributed by atoms with Crippen LogP contribution >= 0.6 is 11.6 Å². The molecule has 0 aliphatic rings. The summed E-state index contributed by atoms with van der Waals surface area (Å²) in [5.41, 5.74) is 1.47. The third-order valence-electron chi connectivity index (χ3n) is 3.19. The predicted octanol–water partition coefficient (Wildman–Crippen LogP) is 3.73. The standard InChI is InChI=1S/C15H18ClFN4/c1-3-21(4-2)13-6-5-11(7-12(13)17)8-19-15-10-18-9-14(16)20-15/h5-7,9-10H,3-4,8H2,1-2H3,(H,19,20). The predicted molar refractivity (Wildman–Crippen MR) is 84.3 cm³/mol. The van der Waals surface area contributed by atoms with Crippen molar-refractivity contribution >= 4 is 23.1 Å². The number of hydrogen-bond acceptors (Lipinski definition) is 4. The minimum Gasteiger partial charge on any atom is -0.370 e. The number of benzene rings is 1. The monoisotopic (exact) mass is 308 g/mol. The normalized spacial score (nSPS) is 10.5. The largest absolute Gasteiger partial charge is 0.370 e. The molecule has 1 heterocycles. The molecule has 0 saturated carbocycles. The van der Waals surface area contributed by atoms with E-state index in [0.29, 0.717) is 23.2 Å². The van der Waals surface area contributed by atoms with Crippen molar-refractivity contribution in [3.63, 3.8) is 0 Å². The minimum absolute atomic E-state index is 0.213. The Hall–Kier alpha value is -1.88. The number of rotatable bonds is 6. The second-order valence-electron chi connectivity index (χ2n) is 4.54. The van der Waals surface area contributed by atoms with Crippen molar-refractivity contribution < 1.29 is 4.39 Å². The fraction of sp³-hybridized carbons (Fsp3) is 0.333. The average Bonchev–Trinajstić information content (AvgIpc) is 2.48. The van der Waals surface area contributed by atoms with E-state index < -0.39 is 0 Å². The van der Waals surface area contributed by atoms with Crippen molar-refractivity contribution in [3.05, 3.63) is 47.1 Å². The summed E-state index contributed by atoms with van der Waals surface area (Å²) in [5, 5.41) is 3.39. The molecule has 0 fully saturated rings. The second-order valence-corrected chi connectivity index (χ2v) is 4.93. The van der Waals surface area contributed by atoms with Crippen molar-refractivity contribution in [1.82, 2.24) is 9.97 Å². The van der Waals surface area contributed by atoms with Gasteiger partial charge in [-0.25, -0.2) is 9.37 Å². The minimum atomic E-state index is -0.213. The molecule has 0 aliphatic carbocycles. The zero-order valence-corrected chi connectivity index (χ0v) is 12.9. The summed E-state index contributed by atoms with van der Waals surface area (Å²) < 4.78 is 14.1. The number of halogens is 2. The van der Waals surface area contributed by atoms with Crippen molar-refractivity contribution in [1.29, 1.82) is 0 Å². The molecule has 112 valence electrons. The maximum absolute atomic E-state index is 14.1. The Bertz CT molecular complexity index is 602. The van der Waals surface area contributed by atoms with Crippen LogP contribution in [0.2, 0.25) is 5.15 Å². The molecule has 0 saturated heterocycles. The van der Waals surface area contributed by atoms with E-state index in [1.54, 1.807) is 12.3 Å². The van der Waals surface area contributed by atoms with Gasteiger partial charge in [-0.15, -0.1) is 0 Å². The molecule has 4 nitrogen and oxygen atoms in total. The summed E-state index contributed by atoms with van der Waals surface area (Å²) in [6, 6.07) is 5.25. The van der Waals surface area contributed by atoms with Crippen LogP contribution < -0.4 is 10.2 Å². The smallest absolute Gasteiger partial charge is 0.149 e. The van der Waals surface area contributed by atoms with E-state index in [1.807, 2.05) is 30.9 Å². The molecular formula is C15H18ClFN4. The lowest BCUT2D eigenvalue weighted by molar-refractivity contribution is 0.618. The van der Waals surface area contributed by atoms with E-state index in [0.717, 1.165) is 18.7 Å². The molecule has 0 atom stereocenters. The van der Waals surface area contributed by atoms with Crippen molar-refractivity contribution in [2.45, 2.75) is 20.4 Å². The summed E-state index contributed by atoms with van der Waals surface area (Å²) in [6.07, 6.45) is 3.04. The molecule has 21 heavy (non-hydrogen) atoms. The molecule has 1 aromatic carbocycles. The summed E-state index contributed by atoms with van der Waals surface area (Å²) in [7, 11) is 0. The van der Waals surface area contributed by atoms with Gasteiger partial charge in [-0.1, -0.05) is 17.7 Å². The van der Waals surface area contributed by atoms with E-state index in [-0.39, 0.29) is 5.82 Å². The van der Waals surface area contributed by atoms with Gasteiger partial charge in [-0.2, -0.15) is 0 Å². The Balaban J connectivity index is 2.06. The molecule has 2 rings (SSSR count). The quantitative estimate of drug-likeness (QED) is 0.883. The van der Waals surface area contributed by atoms with Gasteiger partial charge in [0.15, 0.2) is 0 Å². The number of nitrogens with zero attached hydrogens (tertiary/aromatic N) is 3. The summed E-state index contributed by atoms with van der Waals surface area (Å²) in [5.74, 6) is 0.353. The van der Waals surface area contributed by atoms with E-state index in [1.165, 1.54) is 6.20 Å². The SMILES string of the molecule is CCN(CC)c1ccc(CNc2cncc(Cl)n2)cc1F. The van der Waals surface area contributed by atoms with Crippen LogP contribution in [-0.4, -0.2) is 23.1 Å². The topological polar surface area (TPSA) is 41.0 Å². The number of aromatic nitrogens is 2. The van der Waals surface area contributed by atoms with Crippen LogP contribution in [0.1, 0.15) is 19.4 Å². The first-order valence-electron chi connectivity index (χ1n) is 6.88. The molecule has 0 spiro atoms. The fourth-order valence-corrected chi connectivity index (χ4v) is 2.25. The highest BCUT2D eigenvalue weighted by atomic mass is 35.5. The van der Waals surface area contributed by atoms with Gasteiger partial charge in [0.05, 0.1) is 18.1 Å². The van der Waals surface area contributed by atoms with Crippen LogP contribution in [0.15, 0.2) is 30.6 Å². The lowest BCUT2D eigenvalue weighted by Crippen LogP contribution is -2.23. The van der Waals surface area contributed by atoms with Crippen LogP contribution in [0.3, 0.4) is 0 Å². The molecule has 2 aromatic rings. The third kappa shape index (κ3) is 4.04. The summed E-state index contributed by atoms with van der Waals surface area (Å²) in [6.45, 7) is 6.04. The number of hydrogen-bond donors (Lipinski definition) is 1. The maximum Gasteiger partial charge on any atom is 0.149 e. The van der Waals surface area contributed by atoms with Gasteiger partial charge in [-0.3, -0.25) is 4.98 Å². The molecule has 1 N–H and O–H groups in total. The molecular weight excluding hydrogens is 291 g/mol. The first-order valence-corrected chi connectivity index (χ1v) is 7.26.